The Kier molecular flexibility index (Phi) is 7.43. The Labute approximate surface area is 181 Å². The summed E-state index contributed by atoms with van der Waals surface area (Å²) in [5.41, 5.74) is 3.53. The number of rotatable bonds is 9. The highest BCUT2D eigenvalue weighted by atomic mass is 16.5. The van der Waals surface area contributed by atoms with E-state index in [0.29, 0.717) is 23.7 Å². The fourth-order valence-electron chi connectivity index (χ4n) is 3.16. The van der Waals surface area contributed by atoms with E-state index < -0.39 is 0 Å². The topological polar surface area (TPSA) is 82.5 Å². The van der Waals surface area contributed by atoms with Crippen LogP contribution in [-0.2, 0) is 24.3 Å². The van der Waals surface area contributed by atoms with Crippen molar-refractivity contribution in [3.63, 3.8) is 0 Å². The zero-order chi connectivity index (χ0) is 22.2. The van der Waals surface area contributed by atoms with Gasteiger partial charge in [0.25, 0.3) is 5.56 Å². The molecule has 0 unspecified atom stereocenters. The third-order valence-electron chi connectivity index (χ3n) is 5.01. The normalized spacial score (nSPS) is 10.5. The molecule has 0 aliphatic heterocycles. The van der Waals surface area contributed by atoms with E-state index in [1.54, 1.807) is 26.4 Å². The Bertz CT molecular complexity index is 1090. The van der Waals surface area contributed by atoms with Gasteiger partial charge in [0.15, 0.2) is 11.5 Å². The molecule has 0 radical (unpaired) electrons. The fourth-order valence-corrected chi connectivity index (χ4v) is 3.16. The van der Waals surface area contributed by atoms with Crippen molar-refractivity contribution in [1.82, 2.24) is 15.1 Å². The van der Waals surface area contributed by atoms with Gasteiger partial charge in [-0.05, 0) is 35.7 Å². The van der Waals surface area contributed by atoms with Crippen molar-refractivity contribution in [2.24, 2.45) is 0 Å². The van der Waals surface area contributed by atoms with Crippen LogP contribution in [0.3, 0.4) is 0 Å². The predicted octanol–water partition coefficient (Wildman–Crippen LogP) is 3.20. The lowest BCUT2D eigenvalue weighted by atomic mass is 10.1. The molecule has 0 aliphatic carbocycles. The largest absolute Gasteiger partial charge is 0.493 e. The molecule has 0 bridgehead atoms. The highest BCUT2D eigenvalue weighted by Gasteiger charge is 2.09. The molecule has 2 aromatic carbocycles. The third kappa shape index (κ3) is 5.72. The number of aryl methyl sites for hydroxylation is 2. The van der Waals surface area contributed by atoms with E-state index in [0.717, 1.165) is 17.5 Å². The molecular weight excluding hydrogens is 394 g/mol. The fraction of sp³-hybridized carbons (Fsp3) is 0.292. The van der Waals surface area contributed by atoms with Crippen LogP contribution in [0.5, 0.6) is 11.5 Å². The predicted molar refractivity (Wildman–Crippen MR) is 119 cm³/mol. The smallest absolute Gasteiger partial charge is 0.266 e. The maximum Gasteiger partial charge on any atom is 0.266 e. The third-order valence-corrected chi connectivity index (χ3v) is 5.01. The van der Waals surface area contributed by atoms with Crippen molar-refractivity contribution < 1.29 is 14.3 Å². The summed E-state index contributed by atoms with van der Waals surface area (Å²) < 4.78 is 11.8. The van der Waals surface area contributed by atoms with E-state index in [1.807, 2.05) is 36.4 Å². The lowest BCUT2D eigenvalue weighted by Gasteiger charge is -2.11. The van der Waals surface area contributed by atoms with Gasteiger partial charge in [-0.1, -0.05) is 37.3 Å². The van der Waals surface area contributed by atoms with Gasteiger partial charge in [-0.3, -0.25) is 9.59 Å². The van der Waals surface area contributed by atoms with Gasteiger partial charge in [0.2, 0.25) is 5.91 Å². The summed E-state index contributed by atoms with van der Waals surface area (Å²) in [6.07, 6.45) is 1.12. The first-order valence-electron chi connectivity index (χ1n) is 10.2. The molecule has 7 heteroatoms. The number of hydrogen-bond acceptors (Lipinski definition) is 5. The molecular formula is C24H27N3O4. The molecule has 162 valence electrons. The minimum Gasteiger partial charge on any atom is -0.493 e. The van der Waals surface area contributed by atoms with Crippen molar-refractivity contribution in [2.75, 3.05) is 14.2 Å². The maximum absolute atomic E-state index is 12.3. The number of aromatic nitrogens is 2. The van der Waals surface area contributed by atoms with Crippen molar-refractivity contribution >= 4 is 5.91 Å². The van der Waals surface area contributed by atoms with Crippen molar-refractivity contribution in [2.45, 2.75) is 32.9 Å². The summed E-state index contributed by atoms with van der Waals surface area (Å²) >= 11 is 0. The van der Waals surface area contributed by atoms with Gasteiger partial charge in [-0.2, -0.15) is 5.10 Å². The Morgan fingerprint density at radius 3 is 2.35 bits per heavy atom. The number of amides is 1. The van der Waals surface area contributed by atoms with Crippen LogP contribution in [0.2, 0.25) is 0 Å². The maximum atomic E-state index is 12.3. The second-order valence-corrected chi connectivity index (χ2v) is 7.05. The Hall–Kier alpha value is -3.61. The van der Waals surface area contributed by atoms with Gasteiger partial charge in [0.1, 0.15) is 0 Å². The highest BCUT2D eigenvalue weighted by molar-refractivity contribution is 5.75. The summed E-state index contributed by atoms with van der Waals surface area (Å²) in [7, 11) is 3.14. The Morgan fingerprint density at radius 1 is 0.968 bits per heavy atom. The SMILES string of the molecule is CCc1ccc(-c2ccc(=O)n(CCC(=O)NCc3ccc(OC)c(OC)c3)n2)cc1. The minimum atomic E-state index is -0.235. The summed E-state index contributed by atoms with van der Waals surface area (Å²) in [4.78, 5) is 24.5. The molecule has 0 atom stereocenters. The molecule has 1 heterocycles. The van der Waals surface area contributed by atoms with Crippen molar-refractivity contribution in [3.05, 3.63) is 76.1 Å². The molecule has 1 amide bonds. The number of nitrogens with one attached hydrogen (secondary N) is 1. The standard InChI is InChI=1S/C24H27N3O4/c1-4-17-5-8-19(9-6-17)20-10-12-24(29)27(26-20)14-13-23(28)25-16-18-7-11-21(30-2)22(15-18)31-3/h5-12,15H,4,13-14,16H2,1-3H3,(H,25,28). The molecule has 0 fully saturated rings. The first-order chi connectivity index (χ1) is 15.0. The first-order valence-corrected chi connectivity index (χ1v) is 10.2. The van der Waals surface area contributed by atoms with E-state index in [2.05, 4.69) is 17.3 Å². The summed E-state index contributed by atoms with van der Waals surface area (Å²) in [6.45, 7) is 2.66. The van der Waals surface area contributed by atoms with E-state index >= 15 is 0 Å². The van der Waals surface area contributed by atoms with Crippen LogP contribution in [0.4, 0.5) is 0 Å². The van der Waals surface area contributed by atoms with Gasteiger partial charge in [-0.25, -0.2) is 4.68 Å². The van der Waals surface area contributed by atoms with Crippen LogP contribution in [-0.4, -0.2) is 29.9 Å². The number of ether oxygens (including phenoxy) is 2. The van der Waals surface area contributed by atoms with Gasteiger partial charge >= 0.3 is 0 Å². The quantitative estimate of drug-likeness (QED) is 0.574. The van der Waals surface area contributed by atoms with Gasteiger partial charge in [0, 0.05) is 24.6 Å². The summed E-state index contributed by atoms with van der Waals surface area (Å²) in [5, 5.41) is 7.28. The van der Waals surface area contributed by atoms with Gasteiger partial charge in [0.05, 0.1) is 26.5 Å². The van der Waals surface area contributed by atoms with Gasteiger partial charge < -0.3 is 14.8 Å². The monoisotopic (exact) mass is 421 g/mol. The summed E-state index contributed by atoms with van der Waals surface area (Å²) in [5.74, 6) is 1.07. The number of carbonyl (C=O) groups excluding carboxylic acids is 1. The van der Waals surface area contributed by atoms with Crippen LogP contribution in [0, 0.1) is 0 Å². The zero-order valence-corrected chi connectivity index (χ0v) is 18.1. The Morgan fingerprint density at radius 2 is 1.68 bits per heavy atom. The van der Waals surface area contributed by atoms with Crippen LogP contribution in [0.15, 0.2) is 59.4 Å². The van der Waals surface area contributed by atoms with Crippen LogP contribution >= 0.6 is 0 Å². The molecule has 31 heavy (non-hydrogen) atoms. The number of benzene rings is 2. The average Bonchev–Trinajstić information content (AvgIpc) is 2.82. The molecule has 1 aromatic heterocycles. The van der Waals surface area contributed by atoms with Crippen molar-refractivity contribution in [3.8, 4) is 22.8 Å². The molecule has 0 saturated carbocycles. The Balaban J connectivity index is 1.60. The molecule has 1 N–H and O–H groups in total. The lowest BCUT2D eigenvalue weighted by Crippen LogP contribution is -2.28. The molecule has 7 nitrogen and oxygen atoms in total. The van der Waals surface area contributed by atoms with Crippen molar-refractivity contribution in [1.29, 1.82) is 0 Å². The molecule has 0 spiro atoms. The van der Waals surface area contributed by atoms with E-state index in [9.17, 15) is 9.59 Å². The average molecular weight is 421 g/mol. The second-order valence-electron chi connectivity index (χ2n) is 7.05. The minimum absolute atomic E-state index is 0.151. The number of nitrogens with zero attached hydrogens (tertiary/aromatic N) is 2. The molecule has 3 rings (SSSR count). The summed E-state index contributed by atoms with van der Waals surface area (Å²) in [6, 6.07) is 16.7. The zero-order valence-electron chi connectivity index (χ0n) is 18.1. The lowest BCUT2D eigenvalue weighted by molar-refractivity contribution is -0.121. The molecule has 0 aliphatic rings. The number of methoxy groups -OCH3 is 2. The number of hydrogen-bond donors (Lipinski definition) is 1. The highest BCUT2D eigenvalue weighted by Crippen LogP contribution is 2.27. The van der Waals surface area contributed by atoms with Gasteiger partial charge in [-0.15, -0.1) is 0 Å². The van der Waals surface area contributed by atoms with E-state index in [1.165, 1.54) is 16.3 Å². The van der Waals surface area contributed by atoms with E-state index in [-0.39, 0.29) is 24.4 Å². The van der Waals surface area contributed by atoms with Crippen LogP contribution < -0.4 is 20.3 Å². The van der Waals surface area contributed by atoms with E-state index in [4.69, 9.17) is 9.47 Å². The van der Waals surface area contributed by atoms with Crippen LogP contribution in [0.25, 0.3) is 11.3 Å². The van der Waals surface area contributed by atoms with Crippen LogP contribution in [0.1, 0.15) is 24.5 Å². The number of carbonyl (C=O) groups is 1. The first kappa shape index (κ1) is 22.1. The molecule has 3 aromatic rings. The second kappa shape index (κ2) is 10.4. The molecule has 0 saturated heterocycles.